The minimum Gasteiger partial charge on any atom is -0.265 e. The van der Waals surface area contributed by atoms with Crippen LogP contribution in [-0.4, -0.2) is 11.5 Å². The predicted molar refractivity (Wildman–Crippen MR) is 71.3 cm³/mol. The van der Waals surface area contributed by atoms with Crippen molar-refractivity contribution in [3.05, 3.63) is 81.2 Å². The Labute approximate surface area is 110 Å². The molecule has 0 unspecified atom stereocenters. The molecule has 0 heterocycles. The van der Waals surface area contributed by atoms with E-state index in [1.54, 1.807) is 12.1 Å². The molecule has 0 saturated carbocycles. The van der Waals surface area contributed by atoms with Crippen LogP contribution in [0.1, 0.15) is 22.6 Å². The molecule has 0 bridgehead atoms. The van der Waals surface area contributed by atoms with Crippen molar-refractivity contribution in [3.63, 3.8) is 0 Å². The first-order valence-corrected chi connectivity index (χ1v) is 6.00. The standard InChI is InChI=1S/C15H14FNO2/c1-11-2-4-12(5-3-11)15(10-17(18)19)13-6-8-14(16)9-7-13/h2-9,15H,10H2,1H3/t15-/m0/s1. The minimum absolute atomic E-state index is 0.200. The van der Waals surface area contributed by atoms with Crippen LogP contribution in [0, 0.1) is 22.9 Å². The van der Waals surface area contributed by atoms with Gasteiger partial charge >= 0.3 is 0 Å². The van der Waals surface area contributed by atoms with Crippen LogP contribution < -0.4 is 0 Å². The minimum atomic E-state index is -0.351. The second-order valence-corrected chi connectivity index (χ2v) is 4.53. The van der Waals surface area contributed by atoms with E-state index in [0.29, 0.717) is 0 Å². The van der Waals surface area contributed by atoms with Crippen molar-refractivity contribution in [1.82, 2.24) is 0 Å². The number of rotatable bonds is 4. The van der Waals surface area contributed by atoms with E-state index < -0.39 is 0 Å². The Bertz CT molecular complexity index is 518. The molecule has 0 amide bonds. The van der Waals surface area contributed by atoms with Crippen molar-refractivity contribution < 1.29 is 9.31 Å². The molecule has 4 heteroatoms. The fourth-order valence-electron chi connectivity index (χ4n) is 2.05. The number of hydrogen-bond acceptors (Lipinski definition) is 2. The van der Waals surface area contributed by atoms with Gasteiger partial charge in [-0.3, -0.25) is 10.1 Å². The third-order valence-corrected chi connectivity index (χ3v) is 3.08. The molecule has 0 fully saturated rings. The number of nitro groups is 1. The highest BCUT2D eigenvalue weighted by molar-refractivity contribution is 5.34. The SMILES string of the molecule is Cc1ccc([C@H](C[N+](=O)[O-])c2ccc(F)cc2)cc1. The van der Waals surface area contributed by atoms with Crippen molar-refractivity contribution in [2.45, 2.75) is 12.8 Å². The van der Waals surface area contributed by atoms with E-state index in [1.165, 1.54) is 12.1 Å². The molecular formula is C15H14FNO2. The predicted octanol–water partition coefficient (Wildman–Crippen LogP) is 3.54. The first-order valence-electron chi connectivity index (χ1n) is 6.00. The van der Waals surface area contributed by atoms with Crippen molar-refractivity contribution in [3.8, 4) is 0 Å². The Balaban J connectivity index is 2.37. The van der Waals surface area contributed by atoms with E-state index in [9.17, 15) is 14.5 Å². The molecule has 0 spiro atoms. The summed E-state index contributed by atoms with van der Waals surface area (Å²) >= 11 is 0. The van der Waals surface area contributed by atoms with Crippen LogP contribution in [0.4, 0.5) is 4.39 Å². The zero-order valence-corrected chi connectivity index (χ0v) is 10.5. The van der Waals surface area contributed by atoms with Gasteiger partial charge in [-0.05, 0) is 30.2 Å². The van der Waals surface area contributed by atoms with Gasteiger partial charge in [-0.25, -0.2) is 4.39 Å². The molecule has 0 aliphatic rings. The lowest BCUT2D eigenvalue weighted by atomic mass is 9.91. The lowest BCUT2D eigenvalue weighted by Gasteiger charge is -2.14. The zero-order valence-electron chi connectivity index (χ0n) is 10.5. The van der Waals surface area contributed by atoms with Crippen LogP contribution in [0.25, 0.3) is 0 Å². The molecule has 2 aromatic rings. The molecule has 0 aromatic heterocycles. The molecule has 1 atom stereocenters. The van der Waals surface area contributed by atoms with Gasteiger partial charge in [-0.15, -0.1) is 0 Å². The third-order valence-electron chi connectivity index (χ3n) is 3.08. The number of benzene rings is 2. The number of aryl methyl sites for hydroxylation is 1. The van der Waals surface area contributed by atoms with E-state index in [1.807, 2.05) is 31.2 Å². The number of nitrogens with zero attached hydrogens (tertiary/aromatic N) is 1. The van der Waals surface area contributed by atoms with Crippen LogP contribution in [0.15, 0.2) is 48.5 Å². The molecular weight excluding hydrogens is 245 g/mol. The number of hydrogen-bond donors (Lipinski definition) is 0. The van der Waals surface area contributed by atoms with Crippen LogP contribution in [0.3, 0.4) is 0 Å². The monoisotopic (exact) mass is 259 g/mol. The molecule has 0 N–H and O–H groups in total. The lowest BCUT2D eigenvalue weighted by Crippen LogP contribution is -2.14. The lowest BCUT2D eigenvalue weighted by molar-refractivity contribution is -0.481. The van der Waals surface area contributed by atoms with Crippen LogP contribution >= 0.6 is 0 Å². The fourth-order valence-corrected chi connectivity index (χ4v) is 2.05. The summed E-state index contributed by atoms with van der Waals surface area (Å²) in [7, 11) is 0. The summed E-state index contributed by atoms with van der Waals surface area (Å²) in [5, 5.41) is 10.8. The molecule has 0 aliphatic heterocycles. The molecule has 2 aromatic carbocycles. The van der Waals surface area contributed by atoms with Gasteiger partial charge in [0.15, 0.2) is 0 Å². The second kappa shape index (κ2) is 5.61. The Morgan fingerprint density at radius 1 is 1.05 bits per heavy atom. The van der Waals surface area contributed by atoms with Gasteiger partial charge in [0, 0.05) is 4.92 Å². The summed E-state index contributed by atoms with van der Waals surface area (Å²) in [5.74, 6) is -0.691. The maximum atomic E-state index is 12.9. The normalized spacial score (nSPS) is 12.1. The number of halogens is 1. The Morgan fingerprint density at radius 3 is 2.00 bits per heavy atom. The quantitative estimate of drug-likeness (QED) is 0.622. The van der Waals surface area contributed by atoms with Gasteiger partial charge in [0.1, 0.15) is 5.82 Å². The van der Waals surface area contributed by atoms with E-state index >= 15 is 0 Å². The largest absolute Gasteiger partial charge is 0.265 e. The van der Waals surface area contributed by atoms with Gasteiger partial charge in [-0.2, -0.15) is 0 Å². The van der Waals surface area contributed by atoms with E-state index in [0.717, 1.165) is 16.7 Å². The van der Waals surface area contributed by atoms with Gasteiger partial charge in [0.2, 0.25) is 6.54 Å². The van der Waals surface area contributed by atoms with Crippen LogP contribution in [-0.2, 0) is 0 Å². The smallest absolute Gasteiger partial charge is 0.214 e. The Hall–Kier alpha value is -2.23. The fraction of sp³-hybridized carbons (Fsp3) is 0.200. The highest BCUT2D eigenvalue weighted by atomic mass is 19.1. The average molecular weight is 259 g/mol. The van der Waals surface area contributed by atoms with E-state index in [4.69, 9.17) is 0 Å². The van der Waals surface area contributed by atoms with Gasteiger partial charge in [-0.1, -0.05) is 42.0 Å². The molecule has 19 heavy (non-hydrogen) atoms. The van der Waals surface area contributed by atoms with Gasteiger partial charge < -0.3 is 0 Å². The molecule has 2 rings (SSSR count). The third kappa shape index (κ3) is 3.37. The maximum Gasteiger partial charge on any atom is 0.214 e. The van der Waals surface area contributed by atoms with Crippen molar-refractivity contribution in [2.24, 2.45) is 0 Å². The van der Waals surface area contributed by atoms with Crippen LogP contribution in [0.5, 0.6) is 0 Å². The van der Waals surface area contributed by atoms with Crippen molar-refractivity contribution >= 4 is 0 Å². The average Bonchev–Trinajstić information content (AvgIpc) is 2.38. The molecule has 0 radical (unpaired) electrons. The summed E-state index contributed by atoms with van der Waals surface area (Å²) in [6, 6.07) is 13.5. The van der Waals surface area contributed by atoms with Crippen LogP contribution in [0.2, 0.25) is 0 Å². The van der Waals surface area contributed by atoms with E-state index in [-0.39, 0.29) is 23.2 Å². The van der Waals surface area contributed by atoms with Gasteiger partial charge in [0.25, 0.3) is 0 Å². The first-order chi connectivity index (χ1) is 9.06. The first kappa shape index (κ1) is 13.2. The van der Waals surface area contributed by atoms with E-state index in [2.05, 4.69) is 0 Å². The summed E-state index contributed by atoms with van der Waals surface area (Å²) in [4.78, 5) is 10.5. The highest BCUT2D eigenvalue weighted by Crippen LogP contribution is 2.25. The molecule has 0 saturated heterocycles. The molecule has 0 aliphatic carbocycles. The Morgan fingerprint density at radius 2 is 1.53 bits per heavy atom. The summed E-state index contributed by atoms with van der Waals surface area (Å²) in [6.45, 7) is 1.76. The topological polar surface area (TPSA) is 43.1 Å². The second-order valence-electron chi connectivity index (χ2n) is 4.53. The Kier molecular flexibility index (Phi) is 3.90. The van der Waals surface area contributed by atoms with Crippen molar-refractivity contribution in [1.29, 1.82) is 0 Å². The van der Waals surface area contributed by atoms with Gasteiger partial charge in [0.05, 0.1) is 5.92 Å². The maximum absolute atomic E-state index is 12.9. The molecule has 3 nitrogen and oxygen atoms in total. The van der Waals surface area contributed by atoms with Crippen molar-refractivity contribution in [2.75, 3.05) is 6.54 Å². The zero-order chi connectivity index (χ0) is 13.8. The summed E-state index contributed by atoms with van der Waals surface area (Å²) in [6.07, 6.45) is 0. The molecule has 98 valence electrons. The highest BCUT2D eigenvalue weighted by Gasteiger charge is 2.19. The summed E-state index contributed by atoms with van der Waals surface area (Å²) < 4.78 is 12.9. The summed E-state index contributed by atoms with van der Waals surface area (Å²) in [5.41, 5.74) is 2.72.